The predicted octanol–water partition coefficient (Wildman–Crippen LogP) is 1.16. The zero-order valence-corrected chi connectivity index (χ0v) is 10.7. The van der Waals surface area contributed by atoms with Gasteiger partial charge in [0.05, 0.1) is 5.56 Å². The highest BCUT2D eigenvalue weighted by molar-refractivity contribution is 5.96. The van der Waals surface area contributed by atoms with Gasteiger partial charge in [0, 0.05) is 0 Å². The molecule has 0 fully saturated rings. The van der Waals surface area contributed by atoms with Gasteiger partial charge >= 0.3 is 6.03 Å². The van der Waals surface area contributed by atoms with Crippen LogP contribution in [0.25, 0.3) is 0 Å². The third kappa shape index (κ3) is 4.00. The van der Waals surface area contributed by atoms with Gasteiger partial charge in [0.15, 0.2) is 6.10 Å². The van der Waals surface area contributed by atoms with Crippen LogP contribution in [0.2, 0.25) is 0 Å². The molecule has 0 aliphatic heterocycles. The molecular formula is C13H15N3O3. The Kier molecular flexibility index (Phi) is 4.89. The summed E-state index contributed by atoms with van der Waals surface area (Å²) in [6.07, 6.45) is -0.901. The predicted molar refractivity (Wildman–Crippen MR) is 68.1 cm³/mol. The topological polar surface area (TPSA) is 105 Å². The smallest absolute Gasteiger partial charge is 0.318 e. The van der Waals surface area contributed by atoms with Crippen molar-refractivity contribution < 1.29 is 14.3 Å². The number of carbonyl (C=O) groups excluding carboxylic acids is 2. The Morgan fingerprint density at radius 3 is 2.53 bits per heavy atom. The molecule has 0 saturated heterocycles. The first kappa shape index (κ1) is 14.5. The number of nitriles is 1. The monoisotopic (exact) mass is 261 g/mol. The fraction of sp³-hybridized carbons (Fsp3) is 0.308. The molecule has 6 heteroatoms. The van der Waals surface area contributed by atoms with Crippen LogP contribution in [0.4, 0.5) is 4.79 Å². The first-order chi connectivity index (χ1) is 8.95. The minimum Gasteiger partial charge on any atom is -0.479 e. The fourth-order valence-corrected chi connectivity index (χ4v) is 1.48. The van der Waals surface area contributed by atoms with Crippen LogP contribution in [0, 0.1) is 17.2 Å². The average Bonchev–Trinajstić information content (AvgIpc) is 2.34. The Hall–Kier alpha value is -2.55. The summed E-state index contributed by atoms with van der Waals surface area (Å²) in [6.45, 7) is 3.53. The molecule has 0 heterocycles. The molecule has 6 nitrogen and oxygen atoms in total. The molecule has 19 heavy (non-hydrogen) atoms. The number of rotatable bonds is 4. The first-order valence-corrected chi connectivity index (χ1v) is 5.71. The van der Waals surface area contributed by atoms with Crippen molar-refractivity contribution in [2.75, 3.05) is 0 Å². The molecule has 0 saturated carbocycles. The van der Waals surface area contributed by atoms with Crippen molar-refractivity contribution in [1.29, 1.82) is 5.26 Å². The van der Waals surface area contributed by atoms with Crippen molar-refractivity contribution in [3.63, 3.8) is 0 Å². The number of hydrogen-bond acceptors (Lipinski definition) is 4. The van der Waals surface area contributed by atoms with Gasteiger partial charge < -0.3 is 10.5 Å². The quantitative estimate of drug-likeness (QED) is 0.848. The molecule has 0 aromatic heterocycles. The van der Waals surface area contributed by atoms with E-state index in [9.17, 15) is 9.59 Å². The summed E-state index contributed by atoms with van der Waals surface area (Å²) < 4.78 is 5.52. The van der Waals surface area contributed by atoms with Crippen LogP contribution in [-0.2, 0) is 4.79 Å². The van der Waals surface area contributed by atoms with Crippen LogP contribution in [-0.4, -0.2) is 18.0 Å². The molecule has 100 valence electrons. The molecule has 0 spiro atoms. The van der Waals surface area contributed by atoms with Crippen molar-refractivity contribution in [3.05, 3.63) is 29.8 Å². The van der Waals surface area contributed by atoms with E-state index in [2.05, 4.69) is 0 Å². The summed E-state index contributed by atoms with van der Waals surface area (Å²) in [5, 5.41) is 10.9. The molecular weight excluding hydrogens is 246 g/mol. The number of primary amides is 1. The number of imide groups is 1. The molecule has 0 aliphatic rings. The number of nitrogens with zero attached hydrogens (tertiary/aromatic N) is 1. The maximum atomic E-state index is 11.8. The van der Waals surface area contributed by atoms with Crippen LogP contribution in [0.1, 0.15) is 19.4 Å². The third-order valence-corrected chi connectivity index (χ3v) is 2.37. The Morgan fingerprint density at radius 1 is 1.37 bits per heavy atom. The second-order valence-corrected chi connectivity index (χ2v) is 4.24. The number of benzene rings is 1. The van der Waals surface area contributed by atoms with Crippen LogP contribution in [0.15, 0.2) is 24.3 Å². The highest BCUT2D eigenvalue weighted by atomic mass is 16.5. The lowest BCUT2D eigenvalue weighted by Gasteiger charge is -2.21. The number of amides is 3. The first-order valence-electron chi connectivity index (χ1n) is 5.71. The van der Waals surface area contributed by atoms with E-state index in [1.54, 1.807) is 38.1 Å². The molecule has 1 rings (SSSR count). The Balaban J connectivity index is 2.94. The van der Waals surface area contributed by atoms with Gasteiger partial charge in [-0.15, -0.1) is 0 Å². The van der Waals surface area contributed by atoms with Gasteiger partial charge in [0.1, 0.15) is 11.8 Å². The van der Waals surface area contributed by atoms with Gasteiger partial charge in [-0.2, -0.15) is 5.26 Å². The number of nitrogens with one attached hydrogen (secondary N) is 1. The van der Waals surface area contributed by atoms with Crippen LogP contribution < -0.4 is 15.8 Å². The molecule has 0 radical (unpaired) electrons. The number of ether oxygens (including phenoxy) is 1. The second-order valence-electron chi connectivity index (χ2n) is 4.24. The second kappa shape index (κ2) is 6.40. The summed E-state index contributed by atoms with van der Waals surface area (Å²) in [6, 6.07) is 7.59. The van der Waals surface area contributed by atoms with E-state index < -0.39 is 18.0 Å². The van der Waals surface area contributed by atoms with Crippen LogP contribution in [0.5, 0.6) is 5.75 Å². The lowest BCUT2D eigenvalue weighted by molar-refractivity contribution is -0.128. The normalized spacial score (nSPS) is 11.5. The Labute approximate surface area is 111 Å². The SMILES string of the molecule is CC(C)[C@@H](Oc1ccccc1C#N)C(=O)NC(N)=O. The van der Waals surface area contributed by atoms with E-state index in [0.717, 1.165) is 0 Å². The summed E-state index contributed by atoms with van der Waals surface area (Å²) in [7, 11) is 0. The fourth-order valence-electron chi connectivity index (χ4n) is 1.48. The summed E-state index contributed by atoms with van der Waals surface area (Å²) in [4.78, 5) is 22.5. The summed E-state index contributed by atoms with van der Waals surface area (Å²) >= 11 is 0. The average molecular weight is 261 g/mol. The minimum absolute atomic E-state index is 0.189. The Bertz CT molecular complexity index is 520. The third-order valence-electron chi connectivity index (χ3n) is 2.37. The minimum atomic E-state index is -0.937. The molecule has 3 amide bonds. The molecule has 1 atom stereocenters. The van der Waals surface area contributed by atoms with Crippen molar-refractivity contribution in [2.24, 2.45) is 11.7 Å². The number of para-hydroxylation sites is 1. The maximum absolute atomic E-state index is 11.8. The Morgan fingerprint density at radius 2 is 2.00 bits per heavy atom. The van der Waals surface area contributed by atoms with E-state index in [1.807, 2.05) is 11.4 Å². The highest BCUT2D eigenvalue weighted by Crippen LogP contribution is 2.20. The molecule has 0 bridgehead atoms. The van der Waals surface area contributed by atoms with Gasteiger partial charge in [0.25, 0.3) is 5.91 Å². The van der Waals surface area contributed by atoms with E-state index in [4.69, 9.17) is 15.7 Å². The van der Waals surface area contributed by atoms with Gasteiger partial charge in [-0.3, -0.25) is 10.1 Å². The van der Waals surface area contributed by atoms with Crippen molar-refractivity contribution in [3.8, 4) is 11.8 Å². The maximum Gasteiger partial charge on any atom is 0.318 e. The molecule has 0 unspecified atom stereocenters. The lowest BCUT2D eigenvalue weighted by atomic mass is 10.1. The molecule has 1 aromatic carbocycles. The lowest BCUT2D eigenvalue weighted by Crippen LogP contribution is -2.46. The van der Waals surface area contributed by atoms with Gasteiger partial charge in [-0.05, 0) is 18.1 Å². The van der Waals surface area contributed by atoms with Gasteiger partial charge in [0.2, 0.25) is 0 Å². The van der Waals surface area contributed by atoms with E-state index in [0.29, 0.717) is 11.3 Å². The van der Waals surface area contributed by atoms with E-state index in [-0.39, 0.29) is 5.92 Å². The molecule has 0 aliphatic carbocycles. The van der Waals surface area contributed by atoms with Crippen LogP contribution >= 0.6 is 0 Å². The van der Waals surface area contributed by atoms with Crippen LogP contribution in [0.3, 0.4) is 0 Å². The van der Waals surface area contributed by atoms with Crippen molar-refractivity contribution in [1.82, 2.24) is 5.32 Å². The highest BCUT2D eigenvalue weighted by Gasteiger charge is 2.26. The van der Waals surface area contributed by atoms with E-state index in [1.165, 1.54) is 0 Å². The number of carbonyl (C=O) groups is 2. The standard InChI is InChI=1S/C13H15N3O3/c1-8(2)11(12(17)16-13(15)18)19-10-6-4-3-5-9(10)7-14/h3-6,8,11H,1-2H3,(H3,15,16,17,18)/t11-/m1/s1. The van der Waals surface area contributed by atoms with Crippen molar-refractivity contribution in [2.45, 2.75) is 20.0 Å². The van der Waals surface area contributed by atoms with Gasteiger partial charge in [-0.25, -0.2) is 4.79 Å². The van der Waals surface area contributed by atoms with E-state index >= 15 is 0 Å². The van der Waals surface area contributed by atoms with Crippen molar-refractivity contribution >= 4 is 11.9 Å². The molecule has 3 N–H and O–H groups in total. The number of hydrogen-bond donors (Lipinski definition) is 2. The van der Waals surface area contributed by atoms with Gasteiger partial charge in [-0.1, -0.05) is 26.0 Å². The number of urea groups is 1. The largest absolute Gasteiger partial charge is 0.479 e. The summed E-state index contributed by atoms with van der Waals surface area (Å²) in [5.74, 6) is -0.523. The zero-order chi connectivity index (χ0) is 14.4. The molecule has 1 aromatic rings. The number of nitrogens with two attached hydrogens (primary N) is 1. The zero-order valence-electron chi connectivity index (χ0n) is 10.7. The summed E-state index contributed by atoms with van der Waals surface area (Å²) in [5.41, 5.74) is 5.22.